The molecule has 2 saturated carbocycles. The van der Waals surface area contributed by atoms with Gasteiger partial charge in [0.05, 0.1) is 0 Å². The molecule has 0 aromatic rings. The number of aliphatic hydroxyl groups excluding tert-OH is 1. The molecule has 0 radical (unpaired) electrons. The molecule has 0 unspecified atom stereocenters. The monoisotopic (exact) mass is 183 g/mol. The van der Waals surface area contributed by atoms with Crippen LogP contribution in [-0.2, 0) is 0 Å². The van der Waals surface area contributed by atoms with Crippen molar-refractivity contribution in [2.75, 3.05) is 27.2 Å². The lowest BCUT2D eigenvalue weighted by atomic mass is 9.79. The number of hydrogen-bond acceptors (Lipinski definition) is 2. The van der Waals surface area contributed by atoms with E-state index < -0.39 is 0 Å². The number of rotatable bonds is 3. The van der Waals surface area contributed by atoms with Gasteiger partial charge in [-0.05, 0) is 57.0 Å². The first-order valence-electron chi connectivity index (χ1n) is 5.48. The summed E-state index contributed by atoms with van der Waals surface area (Å²) in [5.41, 5.74) is 0. The predicted octanol–water partition coefficient (Wildman–Crippen LogP) is 1.20. The van der Waals surface area contributed by atoms with Crippen molar-refractivity contribution < 1.29 is 5.11 Å². The van der Waals surface area contributed by atoms with Crippen molar-refractivity contribution in [2.24, 2.45) is 23.7 Å². The van der Waals surface area contributed by atoms with Crippen LogP contribution in [0.5, 0.6) is 0 Å². The highest BCUT2D eigenvalue weighted by atomic mass is 16.3. The van der Waals surface area contributed by atoms with Crippen molar-refractivity contribution >= 4 is 0 Å². The van der Waals surface area contributed by atoms with Gasteiger partial charge in [0.25, 0.3) is 0 Å². The van der Waals surface area contributed by atoms with Crippen LogP contribution in [0.2, 0.25) is 0 Å². The Morgan fingerprint density at radius 3 is 2.31 bits per heavy atom. The summed E-state index contributed by atoms with van der Waals surface area (Å²) in [6, 6.07) is 0. The van der Waals surface area contributed by atoms with Gasteiger partial charge in [-0.3, -0.25) is 0 Å². The molecular formula is C11H21NO. The van der Waals surface area contributed by atoms with Crippen molar-refractivity contribution in [3.8, 4) is 0 Å². The van der Waals surface area contributed by atoms with Crippen LogP contribution in [0, 0.1) is 23.7 Å². The van der Waals surface area contributed by atoms with Gasteiger partial charge in [0.15, 0.2) is 0 Å². The molecule has 0 saturated heterocycles. The lowest BCUT2D eigenvalue weighted by Crippen LogP contribution is -2.33. The molecule has 2 fully saturated rings. The molecule has 2 aliphatic rings. The summed E-state index contributed by atoms with van der Waals surface area (Å²) >= 11 is 0. The molecule has 4 atom stereocenters. The standard InChI is InChI=1S/C11H21NO/c1-12(2)6-10-8-3-4-9(5-8)11(10)7-13/h8-11,13H,3-7H2,1-2H3/t8-,9-,10-,11+/m0/s1. The van der Waals surface area contributed by atoms with E-state index in [1.807, 2.05) is 0 Å². The van der Waals surface area contributed by atoms with E-state index in [4.69, 9.17) is 0 Å². The number of hydrogen-bond donors (Lipinski definition) is 1. The summed E-state index contributed by atoms with van der Waals surface area (Å²) in [6.07, 6.45) is 4.18. The molecule has 0 heterocycles. The van der Waals surface area contributed by atoms with E-state index in [0.717, 1.165) is 17.8 Å². The van der Waals surface area contributed by atoms with E-state index >= 15 is 0 Å². The van der Waals surface area contributed by atoms with Crippen LogP contribution in [0.3, 0.4) is 0 Å². The Kier molecular flexibility index (Phi) is 2.61. The second-order valence-corrected chi connectivity index (χ2v) is 5.11. The van der Waals surface area contributed by atoms with Crippen LogP contribution in [0.25, 0.3) is 0 Å². The minimum absolute atomic E-state index is 0.416. The van der Waals surface area contributed by atoms with Crippen molar-refractivity contribution in [3.05, 3.63) is 0 Å². The van der Waals surface area contributed by atoms with Gasteiger partial charge in [-0.1, -0.05) is 0 Å². The maximum Gasteiger partial charge on any atom is 0.0465 e. The molecule has 0 aliphatic heterocycles. The summed E-state index contributed by atoms with van der Waals surface area (Å²) in [4.78, 5) is 2.27. The van der Waals surface area contributed by atoms with E-state index in [1.54, 1.807) is 0 Å². The largest absolute Gasteiger partial charge is 0.396 e. The fourth-order valence-corrected chi connectivity index (χ4v) is 3.52. The average molecular weight is 183 g/mol. The van der Waals surface area contributed by atoms with Crippen molar-refractivity contribution in [1.82, 2.24) is 4.90 Å². The van der Waals surface area contributed by atoms with Crippen LogP contribution >= 0.6 is 0 Å². The molecule has 13 heavy (non-hydrogen) atoms. The van der Waals surface area contributed by atoms with Crippen LogP contribution in [0.15, 0.2) is 0 Å². The molecule has 1 N–H and O–H groups in total. The second-order valence-electron chi connectivity index (χ2n) is 5.11. The minimum atomic E-state index is 0.416. The third-order valence-electron chi connectivity index (χ3n) is 4.06. The van der Waals surface area contributed by atoms with Gasteiger partial charge in [-0.2, -0.15) is 0 Å². The Morgan fingerprint density at radius 1 is 1.15 bits per heavy atom. The maximum atomic E-state index is 9.35. The summed E-state index contributed by atoms with van der Waals surface area (Å²) in [5.74, 6) is 3.16. The van der Waals surface area contributed by atoms with Crippen LogP contribution in [0.1, 0.15) is 19.3 Å². The van der Waals surface area contributed by atoms with Gasteiger partial charge in [-0.15, -0.1) is 0 Å². The third kappa shape index (κ3) is 1.62. The smallest absolute Gasteiger partial charge is 0.0465 e. The molecule has 2 rings (SSSR count). The highest BCUT2D eigenvalue weighted by molar-refractivity contribution is 4.96. The van der Waals surface area contributed by atoms with Crippen LogP contribution in [0.4, 0.5) is 0 Å². The van der Waals surface area contributed by atoms with Crippen molar-refractivity contribution in [1.29, 1.82) is 0 Å². The second kappa shape index (κ2) is 3.58. The maximum absolute atomic E-state index is 9.35. The molecule has 2 nitrogen and oxygen atoms in total. The first-order valence-corrected chi connectivity index (χ1v) is 5.48. The van der Waals surface area contributed by atoms with E-state index in [2.05, 4.69) is 19.0 Å². The van der Waals surface area contributed by atoms with Crippen molar-refractivity contribution in [3.63, 3.8) is 0 Å². The highest BCUT2D eigenvalue weighted by Crippen LogP contribution is 2.52. The highest BCUT2D eigenvalue weighted by Gasteiger charge is 2.46. The lowest BCUT2D eigenvalue weighted by molar-refractivity contribution is 0.105. The van der Waals surface area contributed by atoms with E-state index in [1.165, 1.54) is 25.8 Å². The number of fused-ring (bicyclic) bond motifs is 2. The molecular weight excluding hydrogens is 162 g/mol. The number of nitrogens with zero attached hydrogens (tertiary/aromatic N) is 1. The topological polar surface area (TPSA) is 23.5 Å². The molecule has 2 heteroatoms. The zero-order valence-corrected chi connectivity index (χ0v) is 8.74. The van der Waals surface area contributed by atoms with E-state index in [-0.39, 0.29) is 0 Å². The predicted molar refractivity (Wildman–Crippen MR) is 53.5 cm³/mol. The molecule has 0 aromatic heterocycles. The fraction of sp³-hybridized carbons (Fsp3) is 1.00. The molecule has 0 spiro atoms. The molecule has 2 bridgehead atoms. The Morgan fingerprint density at radius 2 is 1.77 bits per heavy atom. The minimum Gasteiger partial charge on any atom is -0.396 e. The van der Waals surface area contributed by atoms with Gasteiger partial charge in [0.2, 0.25) is 0 Å². The van der Waals surface area contributed by atoms with E-state index in [0.29, 0.717) is 12.5 Å². The van der Waals surface area contributed by atoms with Crippen LogP contribution in [-0.4, -0.2) is 37.3 Å². The Bertz CT molecular complexity index is 181. The summed E-state index contributed by atoms with van der Waals surface area (Å²) < 4.78 is 0. The molecule has 76 valence electrons. The first kappa shape index (κ1) is 9.47. The summed E-state index contributed by atoms with van der Waals surface area (Å²) in [5, 5.41) is 9.35. The quantitative estimate of drug-likeness (QED) is 0.711. The van der Waals surface area contributed by atoms with Gasteiger partial charge in [0.1, 0.15) is 0 Å². The molecule has 0 amide bonds. The zero-order valence-electron chi connectivity index (χ0n) is 8.74. The summed E-state index contributed by atoms with van der Waals surface area (Å²) in [7, 11) is 4.28. The average Bonchev–Trinajstić information content (AvgIpc) is 2.62. The molecule has 0 aromatic carbocycles. The Hall–Kier alpha value is -0.0800. The van der Waals surface area contributed by atoms with Crippen LogP contribution < -0.4 is 0 Å². The van der Waals surface area contributed by atoms with Crippen molar-refractivity contribution in [2.45, 2.75) is 19.3 Å². The fourth-order valence-electron chi connectivity index (χ4n) is 3.52. The Balaban J connectivity index is 2.00. The SMILES string of the molecule is CN(C)C[C@H]1[C@H]2CC[C@@H](C2)[C@H]1CO. The van der Waals surface area contributed by atoms with Gasteiger partial charge in [-0.25, -0.2) is 0 Å². The first-order chi connectivity index (χ1) is 6.22. The Labute approximate surface area is 80.9 Å². The van der Waals surface area contributed by atoms with Gasteiger partial charge >= 0.3 is 0 Å². The van der Waals surface area contributed by atoms with Gasteiger partial charge in [0, 0.05) is 13.2 Å². The normalized spacial score (nSPS) is 43.4. The zero-order chi connectivity index (χ0) is 9.42. The molecule has 2 aliphatic carbocycles. The third-order valence-corrected chi connectivity index (χ3v) is 4.06. The lowest BCUT2D eigenvalue weighted by Gasteiger charge is -2.31. The van der Waals surface area contributed by atoms with Gasteiger partial charge < -0.3 is 10.0 Å². The number of aliphatic hydroxyl groups is 1. The summed E-state index contributed by atoms with van der Waals surface area (Å²) in [6.45, 7) is 1.59. The van der Waals surface area contributed by atoms with E-state index in [9.17, 15) is 5.11 Å².